The molecule has 1 rings (SSSR count). The number of carbonyl (C=O) groups is 1. The number of nitrogens with one attached hydrogen (secondary N) is 1. The third-order valence-corrected chi connectivity index (χ3v) is 1.75. The molecule has 0 spiro atoms. The maximum absolute atomic E-state index is 10.5. The highest BCUT2D eigenvalue weighted by Gasteiger charge is 2.10. The zero-order chi connectivity index (χ0) is 10.7. The van der Waals surface area contributed by atoms with Crippen molar-refractivity contribution in [1.29, 1.82) is 0 Å². The van der Waals surface area contributed by atoms with Crippen molar-refractivity contribution in [3.63, 3.8) is 0 Å². The summed E-state index contributed by atoms with van der Waals surface area (Å²) in [6, 6.07) is 2.85. The summed E-state index contributed by atoms with van der Waals surface area (Å²) in [5.41, 5.74) is 4.79. The van der Waals surface area contributed by atoms with Crippen molar-refractivity contribution in [2.24, 2.45) is 5.73 Å². The molecule has 14 heavy (non-hydrogen) atoms. The number of anilines is 1. The van der Waals surface area contributed by atoms with E-state index in [2.05, 4.69) is 5.32 Å². The molecule has 0 unspecified atom stereocenters. The minimum atomic E-state index is -0.826. The molecule has 6 nitrogen and oxygen atoms in total. The molecule has 7 heteroatoms. The van der Waals surface area contributed by atoms with E-state index in [1.54, 1.807) is 0 Å². The summed E-state index contributed by atoms with van der Waals surface area (Å²) in [5.74, 6) is 0. The van der Waals surface area contributed by atoms with Crippen LogP contribution in [0.1, 0.15) is 0 Å². The van der Waals surface area contributed by atoms with Crippen LogP contribution in [0.4, 0.5) is 16.2 Å². The Hall–Kier alpha value is -1.82. The standard InChI is InChI=1S/C7H6ClN3O3/c8-5-2-1-4(11(13)14)3-6(5)10-7(9)12/h1-3H,(H3,9,10,12). The number of benzene rings is 1. The van der Waals surface area contributed by atoms with Crippen molar-refractivity contribution in [2.45, 2.75) is 0 Å². The van der Waals surface area contributed by atoms with Gasteiger partial charge in [0.25, 0.3) is 5.69 Å². The summed E-state index contributed by atoms with van der Waals surface area (Å²) < 4.78 is 0. The van der Waals surface area contributed by atoms with Gasteiger partial charge in [0, 0.05) is 12.1 Å². The number of nitro benzene ring substituents is 1. The van der Waals surface area contributed by atoms with Crippen LogP contribution in [-0.4, -0.2) is 11.0 Å². The quantitative estimate of drug-likeness (QED) is 0.581. The Morgan fingerprint density at radius 1 is 1.57 bits per heavy atom. The van der Waals surface area contributed by atoms with E-state index in [9.17, 15) is 14.9 Å². The van der Waals surface area contributed by atoms with E-state index >= 15 is 0 Å². The Balaban J connectivity index is 3.08. The number of non-ortho nitro benzene ring substituents is 1. The fourth-order valence-electron chi connectivity index (χ4n) is 0.855. The lowest BCUT2D eigenvalue weighted by Gasteiger charge is -2.03. The van der Waals surface area contributed by atoms with E-state index in [0.29, 0.717) is 0 Å². The molecule has 1 aromatic rings. The highest BCUT2D eigenvalue weighted by atomic mass is 35.5. The van der Waals surface area contributed by atoms with Crippen LogP contribution in [0.3, 0.4) is 0 Å². The number of halogens is 1. The summed E-state index contributed by atoms with van der Waals surface area (Å²) in [6.45, 7) is 0. The van der Waals surface area contributed by atoms with Gasteiger partial charge >= 0.3 is 6.03 Å². The molecular weight excluding hydrogens is 210 g/mol. The number of carbonyl (C=O) groups excluding carboxylic acids is 1. The molecule has 0 atom stereocenters. The summed E-state index contributed by atoms with van der Waals surface area (Å²) in [6.07, 6.45) is 0. The van der Waals surface area contributed by atoms with E-state index in [0.717, 1.165) is 6.07 Å². The smallest absolute Gasteiger partial charge is 0.316 e. The Bertz CT molecular complexity index is 394. The molecule has 74 valence electrons. The van der Waals surface area contributed by atoms with Crippen molar-refractivity contribution in [1.82, 2.24) is 0 Å². The lowest BCUT2D eigenvalue weighted by atomic mass is 10.3. The van der Waals surface area contributed by atoms with Gasteiger partial charge < -0.3 is 11.1 Å². The minimum Gasteiger partial charge on any atom is -0.351 e. The van der Waals surface area contributed by atoms with Gasteiger partial charge in [-0.2, -0.15) is 0 Å². The first-order chi connectivity index (χ1) is 6.50. The van der Waals surface area contributed by atoms with Gasteiger partial charge in [0.05, 0.1) is 15.6 Å². The zero-order valence-corrected chi connectivity index (χ0v) is 7.62. The number of nitrogens with zero attached hydrogens (tertiary/aromatic N) is 1. The van der Waals surface area contributed by atoms with Gasteiger partial charge in [-0.05, 0) is 6.07 Å². The average Bonchev–Trinajstić information content (AvgIpc) is 2.07. The Morgan fingerprint density at radius 2 is 2.21 bits per heavy atom. The molecule has 0 radical (unpaired) electrons. The van der Waals surface area contributed by atoms with Crippen molar-refractivity contribution in [3.05, 3.63) is 33.3 Å². The topological polar surface area (TPSA) is 98.3 Å². The summed E-state index contributed by atoms with van der Waals surface area (Å²) in [5, 5.41) is 12.7. The molecule has 0 fully saturated rings. The molecule has 0 aromatic heterocycles. The third kappa shape index (κ3) is 2.33. The van der Waals surface area contributed by atoms with Crippen molar-refractivity contribution in [3.8, 4) is 0 Å². The van der Waals surface area contributed by atoms with Gasteiger partial charge in [-0.15, -0.1) is 0 Å². The normalized spacial score (nSPS) is 9.50. The molecule has 0 saturated carbocycles. The second-order valence-corrected chi connectivity index (χ2v) is 2.82. The van der Waals surface area contributed by atoms with Gasteiger partial charge in [-0.3, -0.25) is 10.1 Å². The molecular formula is C7H6ClN3O3. The number of primary amides is 1. The van der Waals surface area contributed by atoms with Crippen LogP contribution in [0.5, 0.6) is 0 Å². The van der Waals surface area contributed by atoms with Crippen LogP contribution in [-0.2, 0) is 0 Å². The molecule has 0 aliphatic heterocycles. The molecule has 0 aliphatic rings. The highest BCUT2D eigenvalue weighted by Crippen LogP contribution is 2.26. The van der Waals surface area contributed by atoms with Gasteiger partial charge in [0.1, 0.15) is 0 Å². The minimum absolute atomic E-state index is 0.119. The van der Waals surface area contributed by atoms with Crippen LogP contribution in [0, 0.1) is 10.1 Å². The van der Waals surface area contributed by atoms with Crippen molar-refractivity contribution < 1.29 is 9.72 Å². The zero-order valence-electron chi connectivity index (χ0n) is 6.86. The molecule has 1 aromatic carbocycles. The van der Waals surface area contributed by atoms with Crippen LogP contribution >= 0.6 is 11.6 Å². The third-order valence-electron chi connectivity index (χ3n) is 1.42. The average molecular weight is 216 g/mol. The molecule has 0 aliphatic carbocycles. The van der Waals surface area contributed by atoms with E-state index in [4.69, 9.17) is 17.3 Å². The number of nitro groups is 1. The van der Waals surface area contributed by atoms with Crippen LogP contribution < -0.4 is 11.1 Å². The number of hydrogen-bond donors (Lipinski definition) is 2. The second-order valence-electron chi connectivity index (χ2n) is 2.41. The predicted molar refractivity (Wildman–Crippen MR) is 51.3 cm³/mol. The number of hydrogen-bond acceptors (Lipinski definition) is 3. The van der Waals surface area contributed by atoms with E-state index in [1.807, 2.05) is 0 Å². The molecule has 2 amide bonds. The van der Waals surface area contributed by atoms with Crippen LogP contribution in [0.15, 0.2) is 18.2 Å². The van der Waals surface area contributed by atoms with Crippen LogP contribution in [0.25, 0.3) is 0 Å². The van der Waals surface area contributed by atoms with E-state index in [1.165, 1.54) is 12.1 Å². The summed E-state index contributed by atoms with van der Waals surface area (Å²) in [7, 11) is 0. The van der Waals surface area contributed by atoms with Crippen molar-refractivity contribution in [2.75, 3.05) is 5.32 Å². The molecule has 0 bridgehead atoms. The van der Waals surface area contributed by atoms with Crippen molar-refractivity contribution >= 4 is 29.0 Å². The first-order valence-corrected chi connectivity index (χ1v) is 3.89. The van der Waals surface area contributed by atoms with Gasteiger partial charge in [-0.1, -0.05) is 11.6 Å². The fourth-order valence-corrected chi connectivity index (χ4v) is 1.02. The largest absolute Gasteiger partial charge is 0.351 e. The van der Waals surface area contributed by atoms with E-state index < -0.39 is 11.0 Å². The first-order valence-electron chi connectivity index (χ1n) is 3.51. The SMILES string of the molecule is NC(=O)Nc1cc([N+](=O)[O-])ccc1Cl. The van der Waals surface area contributed by atoms with E-state index in [-0.39, 0.29) is 16.4 Å². The maximum atomic E-state index is 10.5. The number of rotatable bonds is 2. The lowest BCUT2D eigenvalue weighted by Crippen LogP contribution is -2.19. The second kappa shape index (κ2) is 3.93. The number of amides is 2. The first kappa shape index (κ1) is 10.3. The Morgan fingerprint density at radius 3 is 2.71 bits per heavy atom. The Labute approximate surface area is 83.8 Å². The lowest BCUT2D eigenvalue weighted by molar-refractivity contribution is -0.384. The number of urea groups is 1. The summed E-state index contributed by atoms with van der Waals surface area (Å²) in [4.78, 5) is 20.3. The summed E-state index contributed by atoms with van der Waals surface area (Å²) >= 11 is 5.65. The molecule has 0 heterocycles. The molecule has 0 saturated heterocycles. The number of nitrogens with two attached hydrogens (primary N) is 1. The predicted octanol–water partition coefficient (Wildman–Crippen LogP) is 1.74. The highest BCUT2D eigenvalue weighted by molar-refractivity contribution is 6.33. The van der Waals surface area contributed by atoms with Gasteiger partial charge in [0.15, 0.2) is 0 Å². The maximum Gasteiger partial charge on any atom is 0.316 e. The molecule has 3 N–H and O–H groups in total. The monoisotopic (exact) mass is 215 g/mol. The fraction of sp³-hybridized carbons (Fsp3) is 0. The van der Waals surface area contributed by atoms with Crippen LogP contribution in [0.2, 0.25) is 5.02 Å². The Kier molecular flexibility index (Phi) is 2.88. The van der Waals surface area contributed by atoms with Gasteiger partial charge in [-0.25, -0.2) is 4.79 Å². The van der Waals surface area contributed by atoms with Gasteiger partial charge in [0.2, 0.25) is 0 Å².